The van der Waals surface area contributed by atoms with Crippen LogP contribution in [0.2, 0.25) is 0 Å². The van der Waals surface area contributed by atoms with Gasteiger partial charge in [0, 0.05) is 0 Å². The molecule has 0 unspecified atom stereocenters. The summed E-state index contributed by atoms with van der Waals surface area (Å²) >= 11 is 0. The molecule has 1 aromatic rings. The fourth-order valence-corrected chi connectivity index (χ4v) is 1.89. The molecule has 0 heteroatoms. The summed E-state index contributed by atoms with van der Waals surface area (Å²) in [5, 5.41) is 0. The van der Waals surface area contributed by atoms with Crippen LogP contribution in [-0.4, -0.2) is 0 Å². The lowest BCUT2D eigenvalue weighted by molar-refractivity contribution is 0.583. The molecule has 0 amide bonds. The van der Waals surface area contributed by atoms with Crippen LogP contribution in [0.4, 0.5) is 0 Å². The molecule has 0 nitrogen and oxygen atoms in total. The molecule has 0 aliphatic carbocycles. The quantitative estimate of drug-likeness (QED) is 0.653. The zero-order chi connectivity index (χ0) is 10.8. The molecule has 14 heavy (non-hydrogen) atoms. The van der Waals surface area contributed by atoms with Crippen molar-refractivity contribution in [1.29, 1.82) is 0 Å². The molecule has 0 bridgehead atoms. The Morgan fingerprint density at radius 3 is 2.36 bits per heavy atom. The van der Waals surface area contributed by atoms with Crippen molar-refractivity contribution in [1.82, 2.24) is 0 Å². The SMILES string of the molecule is C=Cc1cccc(C(C)(C)C)c1CC. The van der Waals surface area contributed by atoms with E-state index in [1.54, 1.807) is 0 Å². The molecule has 0 N–H and O–H groups in total. The van der Waals surface area contributed by atoms with Gasteiger partial charge in [-0.25, -0.2) is 0 Å². The summed E-state index contributed by atoms with van der Waals surface area (Å²) in [5.74, 6) is 0. The van der Waals surface area contributed by atoms with Gasteiger partial charge < -0.3 is 0 Å². The highest BCUT2D eigenvalue weighted by Gasteiger charge is 2.17. The minimum atomic E-state index is 0.227. The molecule has 0 aliphatic heterocycles. The highest BCUT2D eigenvalue weighted by atomic mass is 14.2. The third-order valence-corrected chi connectivity index (χ3v) is 2.59. The van der Waals surface area contributed by atoms with E-state index in [0.29, 0.717) is 0 Å². The van der Waals surface area contributed by atoms with E-state index in [1.165, 1.54) is 16.7 Å². The van der Waals surface area contributed by atoms with Gasteiger partial charge in [0.25, 0.3) is 0 Å². The first-order valence-corrected chi connectivity index (χ1v) is 5.25. The molecule has 0 radical (unpaired) electrons. The lowest BCUT2D eigenvalue weighted by atomic mass is 9.81. The first-order valence-electron chi connectivity index (χ1n) is 5.25. The maximum absolute atomic E-state index is 3.86. The Balaban J connectivity index is 3.36. The van der Waals surface area contributed by atoms with Gasteiger partial charge in [-0.15, -0.1) is 0 Å². The first-order chi connectivity index (χ1) is 6.50. The molecule has 1 aromatic carbocycles. The van der Waals surface area contributed by atoms with Crippen LogP contribution in [0, 0.1) is 0 Å². The van der Waals surface area contributed by atoms with Crippen LogP contribution in [0.15, 0.2) is 24.8 Å². The Morgan fingerprint density at radius 2 is 1.93 bits per heavy atom. The predicted octanol–water partition coefficient (Wildman–Crippen LogP) is 4.19. The summed E-state index contributed by atoms with van der Waals surface area (Å²) in [5.41, 5.74) is 4.39. The molecule has 0 saturated carbocycles. The molecular weight excluding hydrogens is 168 g/mol. The predicted molar refractivity (Wildman–Crippen MR) is 64.6 cm³/mol. The summed E-state index contributed by atoms with van der Waals surface area (Å²) < 4.78 is 0. The topological polar surface area (TPSA) is 0 Å². The van der Waals surface area contributed by atoms with Gasteiger partial charge >= 0.3 is 0 Å². The Labute approximate surface area is 87.7 Å². The van der Waals surface area contributed by atoms with Gasteiger partial charge in [-0.05, 0) is 28.5 Å². The molecule has 0 atom stereocenters. The van der Waals surface area contributed by atoms with E-state index < -0.39 is 0 Å². The van der Waals surface area contributed by atoms with Crippen LogP contribution >= 0.6 is 0 Å². The highest BCUT2D eigenvalue weighted by Crippen LogP contribution is 2.28. The van der Waals surface area contributed by atoms with Crippen LogP contribution < -0.4 is 0 Å². The van der Waals surface area contributed by atoms with E-state index >= 15 is 0 Å². The van der Waals surface area contributed by atoms with Gasteiger partial charge in [0.15, 0.2) is 0 Å². The maximum atomic E-state index is 3.86. The van der Waals surface area contributed by atoms with Crippen LogP contribution in [0.5, 0.6) is 0 Å². The van der Waals surface area contributed by atoms with Crippen molar-refractivity contribution in [3.05, 3.63) is 41.5 Å². The average Bonchev–Trinajstić information content (AvgIpc) is 2.15. The van der Waals surface area contributed by atoms with Crippen molar-refractivity contribution in [2.24, 2.45) is 0 Å². The van der Waals surface area contributed by atoms with E-state index in [4.69, 9.17) is 0 Å². The third-order valence-electron chi connectivity index (χ3n) is 2.59. The minimum absolute atomic E-state index is 0.227. The summed E-state index contributed by atoms with van der Waals surface area (Å²) in [7, 11) is 0. The lowest BCUT2D eigenvalue weighted by Crippen LogP contribution is -2.14. The number of rotatable bonds is 2. The van der Waals surface area contributed by atoms with Crippen molar-refractivity contribution in [2.75, 3.05) is 0 Å². The number of hydrogen-bond acceptors (Lipinski definition) is 0. The Hall–Kier alpha value is -1.04. The molecular formula is C14H20. The molecule has 0 heterocycles. The zero-order valence-corrected chi connectivity index (χ0v) is 9.72. The molecule has 0 aromatic heterocycles. The summed E-state index contributed by atoms with van der Waals surface area (Å²) in [6.45, 7) is 12.8. The standard InChI is InChI=1S/C14H20/c1-6-11-9-8-10-13(12(11)7-2)14(3,4)5/h6,8-10H,1,7H2,2-5H3. The van der Waals surface area contributed by atoms with E-state index in [1.807, 2.05) is 6.08 Å². The minimum Gasteiger partial charge on any atom is -0.0985 e. The smallest absolute Gasteiger partial charge is 0.0129 e. The Kier molecular flexibility index (Phi) is 3.15. The molecule has 0 fully saturated rings. The monoisotopic (exact) mass is 188 g/mol. The van der Waals surface area contributed by atoms with Crippen LogP contribution in [0.1, 0.15) is 44.4 Å². The maximum Gasteiger partial charge on any atom is -0.0129 e. The molecule has 0 spiro atoms. The Bertz CT molecular complexity index is 326. The fraction of sp³-hybridized carbons (Fsp3) is 0.429. The summed E-state index contributed by atoms with van der Waals surface area (Å²) in [6, 6.07) is 6.49. The van der Waals surface area contributed by atoms with Gasteiger partial charge in [0.05, 0.1) is 0 Å². The van der Waals surface area contributed by atoms with Crippen molar-refractivity contribution in [3.8, 4) is 0 Å². The summed E-state index contributed by atoms with van der Waals surface area (Å²) in [6.07, 6.45) is 3.03. The van der Waals surface area contributed by atoms with Gasteiger partial charge in [-0.3, -0.25) is 0 Å². The van der Waals surface area contributed by atoms with Gasteiger partial charge in [-0.1, -0.05) is 58.5 Å². The van der Waals surface area contributed by atoms with Crippen molar-refractivity contribution in [3.63, 3.8) is 0 Å². The fourth-order valence-electron chi connectivity index (χ4n) is 1.89. The first kappa shape index (κ1) is 11.0. The molecule has 0 saturated heterocycles. The van der Waals surface area contributed by atoms with E-state index in [9.17, 15) is 0 Å². The molecule has 0 aliphatic rings. The van der Waals surface area contributed by atoms with Crippen LogP contribution in [0.3, 0.4) is 0 Å². The van der Waals surface area contributed by atoms with E-state index in [-0.39, 0.29) is 5.41 Å². The summed E-state index contributed by atoms with van der Waals surface area (Å²) in [4.78, 5) is 0. The third kappa shape index (κ3) is 2.06. The largest absolute Gasteiger partial charge is 0.0985 e. The van der Waals surface area contributed by atoms with Crippen molar-refractivity contribution < 1.29 is 0 Å². The lowest BCUT2D eigenvalue weighted by Gasteiger charge is -2.23. The normalized spacial score (nSPS) is 11.4. The second-order valence-corrected chi connectivity index (χ2v) is 4.68. The molecule has 76 valence electrons. The van der Waals surface area contributed by atoms with Crippen LogP contribution in [0.25, 0.3) is 6.08 Å². The average molecular weight is 188 g/mol. The second kappa shape index (κ2) is 4.00. The molecule has 1 rings (SSSR count). The highest BCUT2D eigenvalue weighted by molar-refractivity contribution is 5.55. The number of benzene rings is 1. The zero-order valence-electron chi connectivity index (χ0n) is 9.72. The van der Waals surface area contributed by atoms with Gasteiger partial charge in [-0.2, -0.15) is 0 Å². The van der Waals surface area contributed by atoms with Crippen molar-refractivity contribution in [2.45, 2.75) is 39.5 Å². The van der Waals surface area contributed by atoms with Gasteiger partial charge in [0.2, 0.25) is 0 Å². The Morgan fingerprint density at radius 1 is 1.29 bits per heavy atom. The van der Waals surface area contributed by atoms with E-state index in [0.717, 1.165) is 6.42 Å². The second-order valence-electron chi connectivity index (χ2n) is 4.68. The number of hydrogen-bond donors (Lipinski definition) is 0. The van der Waals surface area contributed by atoms with Crippen molar-refractivity contribution >= 4 is 6.08 Å². The van der Waals surface area contributed by atoms with E-state index in [2.05, 4.69) is 52.5 Å². The van der Waals surface area contributed by atoms with Gasteiger partial charge in [0.1, 0.15) is 0 Å². The van der Waals surface area contributed by atoms with Crippen LogP contribution in [-0.2, 0) is 11.8 Å².